The van der Waals surface area contributed by atoms with Crippen molar-refractivity contribution in [2.24, 2.45) is 11.8 Å². The summed E-state index contributed by atoms with van der Waals surface area (Å²) >= 11 is 0. The Kier molecular flexibility index (Phi) is 2.54. The second-order valence-electron chi connectivity index (χ2n) is 4.09. The smallest absolute Gasteiger partial charge is 0.310 e. The van der Waals surface area contributed by atoms with E-state index in [2.05, 4.69) is 5.32 Å². The molecule has 3 heteroatoms. The summed E-state index contributed by atoms with van der Waals surface area (Å²) in [6.45, 7) is 0.821. The lowest BCUT2D eigenvalue weighted by Crippen LogP contribution is -2.31. The van der Waals surface area contributed by atoms with Gasteiger partial charge in [0.15, 0.2) is 0 Å². The molecule has 2 fully saturated rings. The molecule has 2 rings (SSSR count). The van der Waals surface area contributed by atoms with Crippen LogP contribution in [0.4, 0.5) is 0 Å². The minimum absolute atomic E-state index is 0.0260. The van der Waals surface area contributed by atoms with Crippen LogP contribution in [0.3, 0.4) is 0 Å². The Morgan fingerprint density at radius 2 is 2.15 bits per heavy atom. The Bertz CT molecular complexity index is 205. The summed E-state index contributed by atoms with van der Waals surface area (Å²) in [5.41, 5.74) is 0. The maximum Gasteiger partial charge on any atom is 0.310 e. The topological polar surface area (TPSA) is 38.3 Å². The molecule has 0 aromatic carbocycles. The first-order chi connectivity index (χ1) is 6.33. The van der Waals surface area contributed by atoms with Crippen molar-refractivity contribution in [3.05, 3.63) is 0 Å². The van der Waals surface area contributed by atoms with Gasteiger partial charge in [0.1, 0.15) is 0 Å². The zero-order chi connectivity index (χ0) is 9.26. The predicted molar refractivity (Wildman–Crippen MR) is 49.3 cm³/mol. The number of esters is 1. The van der Waals surface area contributed by atoms with Crippen molar-refractivity contribution in [1.82, 2.24) is 5.32 Å². The molecule has 13 heavy (non-hydrogen) atoms. The monoisotopic (exact) mass is 183 g/mol. The fourth-order valence-electron chi connectivity index (χ4n) is 2.73. The molecule has 1 N–H and O–H groups in total. The van der Waals surface area contributed by atoms with Crippen LogP contribution >= 0.6 is 0 Å². The first-order valence-electron chi connectivity index (χ1n) is 5.14. The maximum atomic E-state index is 11.4. The van der Waals surface area contributed by atoms with Gasteiger partial charge in [-0.2, -0.15) is 0 Å². The molecule has 0 radical (unpaired) electrons. The standard InChI is InChI=1S/C10H17NO2/c1-13-10(12)8-6-11-9-5-3-2-4-7(8)9/h7-9,11H,2-6H2,1H3/t7-,8-,9+/m1/s1. The van der Waals surface area contributed by atoms with Crippen molar-refractivity contribution in [1.29, 1.82) is 0 Å². The second kappa shape index (κ2) is 3.66. The molecule has 0 bridgehead atoms. The number of rotatable bonds is 1. The highest BCUT2D eigenvalue weighted by atomic mass is 16.5. The Balaban J connectivity index is 2.02. The molecule has 2 aliphatic rings. The number of nitrogens with one attached hydrogen (secondary N) is 1. The van der Waals surface area contributed by atoms with Crippen molar-refractivity contribution < 1.29 is 9.53 Å². The molecule has 74 valence electrons. The highest BCUT2D eigenvalue weighted by Gasteiger charge is 2.41. The van der Waals surface area contributed by atoms with Crippen LogP contribution in [-0.2, 0) is 9.53 Å². The van der Waals surface area contributed by atoms with Gasteiger partial charge in [-0.1, -0.05) is 12.8 Å². The van der Waals surface area contributed by atoms with Crippen molar-refractivity contribution in [3.63, 3.8) is 0 Å². The van der Waals surface area contributed by atoms with Gasteiger partial charge in [-0.15, -0.1) is 0 Å². The zero-order valence-corrected chi connectivity index (χ0v) is 8.08. The first-order valence-corrected chi connectivity index (χ1v) is 5.14. The summed E-state index contributed by atoms with van der Waals surface area (Å²) in [6.07, 6.45) is 5.01. The van der Waals surface area contributed by atoms with Gasteiger partial charge in [0, 0.05) is 12.6 Å². The summed E-state index contributed by atoms with van der Waals surface area (Å²) in [5.74, 6) is 0.637. The molecule has 1 saturated carbocycles. The molecule has 0 aromatic heterocycles. The average Bonchev–Trinajstić information content (AvgIpc) is 2.60. The molecule has 1 aliphatic carbocycles. The normalized spacial score (nSPS) is 38.4. The van der Waals surface area contributed by atoms with Crippen LogP contribution in [-0.4, -0.2) is 25.7 Å². The summed E-state index contributed by atoms with van der Waals surface area (Å²) in [4.78, 5) is 11.4. The van der Waals surface area contributed by atoms with Crippen molar-refractivity contribution >= 4 is 5.97 Å². The first kappa shape index (κ1) is 9.00. The summed E-state index contributed by atoms with van der Waals surface area (Å²) in [7, 11) is 1.48. The summed E-state index contributed by atoms with van der Waals surface area (Å²) in [5, 5.41) is 3.42. The van der Waals surface area contributed by atoms with Crippen LogP contribution < -0.4 is 5.32 Å². The predicted octanol–water partition coefficient (Wildman–Crippen LogP) is 0.938. The minimum atomic E-state index is -0.0260. The van der Waals surface area contributed by atoms with E-state index in [4.69, 9.17) is 4.74 Å². The fourth-order valence-corrected chi connectivity index (χ4v) is 2.73. The van der Waals surface area contributed by atoms with E-state index in [0.717, 1.165) is 6.54 Å². The lowest BCUT2D eigenvalue weighted by Gasteiger charge is -2.27. The van der Waals surface area contributed by atoms with Crippen LogP contribution in [0.15, 0.2) is 0 Å². The molecule has 0 amide bonds. The highest BCUT2D eigenvalue weighted by molar-refractivity contribution is 5.73. The van der Waals surface area contributed by atoms with Crippen LogP contribution in [0.1, 0.15) is 25.7 Å². The number of carbonyl (C=O) groups excluding carboxylic acids is 1. The number of carbonyl (C=O) groups is 1. The van der Waals surface area contributed by atoms with Gasteiger partial charge < -0.3 is 10.1 Å². The van der Waals surface area contributed by atoms with Crippen molar-refractivity contribution in [2.45, 2.75) is 31.7 Å². The molecule has 1 aliphatic heterocycles. The van der Waals surface area contributed by atoms with Gasteiger partial charge in [0.25, 0.3) is 0 Å². The molecular formula is C10H17NO2. The van der Waals surface area contributed by atoms with Crippen LogP contribution in [0.5, 0.6) is 0 Å². The Morgan fingerprint density at radius 3 is 2.92 bits per heavy atom. The van der Waals surface area contributed by atoms with E-state index in [-0.39, 0.29) is 11.9 Å². The third-order valence-electron chi connectivity index (χ3n) is 3.44. The SMILES string of the molecule is COC(=O)[C@@H]1CN[C@H]2CCCC[C@@H]21. The number of hydrogen-bond acceptors (Lipinski definition) is 3. The van der Waals surface area contributed by atoms with Crippen molar-refractivity contribution in [2.75, 3.05) is 13.7 Å². The summed E-state index contributed by atoms with van der Waals surface area (Å²) in [6, 6.07) is 0.581. The lowest BCUT2D eigenvalue weighted by molar-refractivity contribution is -0.146. The molecular weight excluding hydrogens is 166 g/mol. The lowest BCUT2D eigenvalue weighted by atomic mass is 9.80. The maximum absolute atomic E-state index is 11.4. The minimum Gasteiger partial charge on any atom is -0.469 e. The van der Waals surface area contributed by atoms with Crippen LogP contribution in [0, 0.1) is 11.8 Å². The third-order valence-corrected chi connectivity index (χ3v) is 3.44. The van der Waals surface area contributed by atoms with Crippen LogP contribution in [0.25, 0.3) is 0 Å². The van der Waals surface area contributed by atoms with Gasteiger partial charge >= 0.3 is 5.97 Å². The van der Waals surface area contributed by atoms with Gasteiger partial charge in [-0.3, -0.25) is 4.79 Å². The van der Waals surface area contributed by atoms with E-state index in [1.54, 1.807) is 0 Å². The quantitative estimate of drug-likeness (QED) is 0.615. The number of methoxy groups -OCH3 is 1. The van der Waals surface area contributed by atoms with E-state index >= 15 is 0 Å². The number of fused-ring (bicyclic) bond motifs is 1. The molecule has 3 atom stereocenters. The molecule has 1 saturated heterocycles. The van der Waals surface area contributed by atoms with E-state index in [1.165, 1.54) is 32.8 Å². The molecule has 3 nitrogen and oxygen atoms in total. The van der Waals surface area contributed by atoms with E-state index in [1.807, 2.05) is 0 Å². The second-order valence-corrected chi connectivity index (χ2v) is 4.09. The molecule has 0 unspecified atom stereocenters. The highest BCUT2D eigenvalue weighted by Crippen LogP contribution is 2.34. The molecule has 1 heterocycles. The number of hydrogen-bond donors (Lipinski definition) is 1. The average molecular weight is 183 g/mol. The molecule has 0 aromatic rings. The van der Waals surface area contributed by atoms with Gasteiger partial charge in [0.2, 0.25) is 0 Å². The van der Waals surface area contributed by atoms with E-state index in [9.17, 15) is 4.79 Å². The zero-order valence-electron chi connectivity index (χ0n) is 8.08. The van der Waals surface area contributed by atoms with E-state index in [0.29, 0.717) is 12.0 Å². The van der Waals surface area contributed by atoms with Crippen LogP contribution in [0.2, 0.25) is 0 Å². The van der Waals surface area contributed by atoms with Gasteiger partial charge in [-0.25, -0.2) is 0 Å². The van der Waals surface area contributed by atoms with Crippen molar-refractivity contribution in [3.8, 4) is 0 Å². The Morgan fingerprint density at radius 1 is 1.38 bits per heavy atom. The Hall–Kier alpha value is -0.570. The largest absolute Gasteiger partial charge is 0.469 e. The van der Waals surface area contributed by atoms with E-state index < -0.39 is 0 Å². The fraction of sp³-hybridized carbons (Fsp3) is 0.900. The van der Waals surface area contributed by atoms with Gasteiger partial charge in [-0.05, 0) is 18.8 Å². The third kappa shape index (κ3) is 1.57. The Labute approximate surface area is 78.8 Å². The summed E-state index contributed by atoms with van der Waals surface area (Å²) < 4.78 is 4.80. The molecule has 0 spiro atoms. The van der Waals surface area contributed by atoms with Gasteiger partial charge in [0.05, 0.1) is 13.0 Å². The number of ether oxygens (including phenoxy) is 1.